The Kier molecular flexibility index (Phi) is 5.55. The molecule has 0 amide bonds. The third-order valence-corrected chi connectivity index (χ3v) is 13.3. The number of thiophene rings is 1. The van der Waals surface area contributed by atoms with Gasteiger partial charge < -0.3 is 0 Å². The van der Waals surface area contributed by atoms with E-state index >= 15 is 0 Å². The molecular formula is C51H32S. The van der Waals surface area contributed by atoms with Crippen LogP contribution in [0.25, 0.3) is 107 Å². The van der Waals surface area contributed by atoms with Gasteiger partial charge in [-0.25, -0.2) is 0 Å². The molecule has 1 heterocycles. The molecule has 0 aliphatic heterocycles. The van der Waals surface area contributed by atoms with E-state index < -0.39 is 0 Å². The number of benzene rings is 10. The van der Waals surface area contributed by atoms with Crippen molar-refractivity contribution in [1.82, 2.24) is 0 Å². The van der Waals surface area contributed by atoms with Crippen LogP contribution in [-0.4, -0.2) is 0 Å². The molecule has 0 bridgehead atoms. The highest BCUT2D eigenvalue weighted by Gasteiger charge is 2.39. The minimum atomic E-state index is -0.146. The molecule has 242 valence electrons. The molecule has 0 nitrogen and oxygen atoms in total. The average molecular weight is 677 g/mol. The Hall–Kier alpha value is -6.02. The fourth-order valence-electron chi connectivity index (χ4n) is 9.95. The first kappa shape index (κ1) is 28.7. The molecule has 1 aliphatic carbocycles. The van der Waals surface area contributed by atoms with Crippen LogP contribution < -0.4 is 0 Å². The van der Waals surface area contributed by atoms with Crippen LogP contribution in [0, 0.1) is 0 Å². The van der Waals surface area contributed by atoms with Gasteiger partial charge in [-0.1, -0.05) is 153 Å². The predicted octanol–water partition coefficient (Wildman–Crippen LogP) is 14.9. The second-order valence-electron chi connectivity index (χ2n) is 15.2. The van der Waals surface area contributed by atoms with Crippen molar-refractivity contribution in [3.8, 4) is 33.4 Å². The third-order valence-electron chi connectivity index (χ3n) is 12.2. The van der Waals surface area contributed by atoms with Gasteiger partial charge in [0.05, 0.1) is 0 Å². The summed E-state index contributed by atoms with van der Waals surface area (Å²) in [6.45, 7) is 4.86. The predicted molar refractivity (Wildman–Crippen MR) is 226 cm³/mol. The van der Waals surface area contributed by atoms with Gasteiger partial charge in [-0.15, -0.1) is 11.3 Å². The Morgan fingerprint density at radius 3 is 1.73 bits per heavy atom. The summed E-state index contributed by atoms with van der Waals surface area (Å²) in [4.78, 5) is 0. The van der Waals surface area contributed by atoms with Crippen molar-refractivity contribution in [1.29, 1.82) is 0 Å². The Labute approximate surface area is 305 Å². The molecule has 1 aliphatic rings. The van der Waals surface area contributed by atoms with Gasteiger partial charge in [-0.05, 0) is 117 Å². The summed E-state index contributed by atoms with van der Waals surface area (Å²) >= 11 is 1.93. The maximum atomic E-state index is 2.52. The van der Waals surface area contributed by atoms with Gasteiger partial charge >= 0.3 is 0 Å². The van der Waals surface area contributed by atoms with Crippen LogP contribution in [0.1, 0.15) is 25.0 Å². The maximum Gasteiger partial charge on any atom is 0.0368 e. The van der Waals surface area contributed by atoms with Crippen molar-refractivity contribution in [3.63, 3.8) is 0 Å². The van der Waals surface area contributed by atoms with Gasteiger partial charge in [0.25, 0.3) is 0 Å². The summed E-state index contributed by atoms with van der Waals surface area (Å²) in [5, 5.41) is 15.9. The van der Waals surface area contributed by atoms with Crippen molar-refractivity contribution in [2.45, 2.75) is 19.3 Å². The van der Waals surface area contributed by atoms with Crippen LogP contribution in [0.3, 0.4) is 0 Å². The highest BCUT2D eigenvalue weighted by Crippen LogP contribution is 2.58. The highest BCUT2D eigenvalue weighted by atomic mass is 32.1. The molecule has 0 saturated carbocycles. The van der Waals surface area contributed by atoms with Crippen LogP contribution in [0.5, 0.6) is 0 Å². The van der Waals surface area contributed by atoms with Gasteiger partial charge in [0.1, 0.15) is 0 Å². The molecule has 1 aromatic heterocycles. The van der Waals surface area contributed by atoms with Gasteiger partial charge in [-0.3, -0.25) is 0 Å². The Morgan fingerprint density at radius 2 is 0.962 bits per heavy atom. The molecule has 10 aromatic carbocycles. The molecule has 0 unspecified atom stereocenters. The van der Waals surface area contributed by atoms with Crippen molar-refractivity contribution >= 4 is 85.4 Å². The number of hydrogen-bond acceptors (Lipinski definition) is 1. The van der Waals surface area contributed by atoms with E-state index in [1.54, 1.807) is 0 Å². The van der Waals surface area contributed by atoms with E-state index in [0.29, 0.717) is 0 Å². The summed E-state index contributed by atoms with van der Waals surface area (Å²) in [5.41, 5.74) is 10.8. The molecule has 11 aromatic rings. The van der Waals surface area contributed by atoms with Crippen LogP contribution >= 0.6 is 11.3 Å². The first-order valence-electron chi connectivity index (χ1n) is 18.3. The van der Waals surface area contributed by atoms with Crippen molar-refractivity contribution in [2.24, 2.45) is 0 Å². The fourth-order valence-corrected chi connectivity index (χ4v) is 11.1. The van der Waals surface area contributed by atoms with Crippen LogP contribution in [0.4, 0.5) is 0 Å². The summed E-state index contributed by atoms with van der Waals surface area (Å²) in [6.07, 6.45) is 0. The largest absolute Gasteiger partial charge is 0.135 e. The van der Waals surface area contributed by atoms with Crippen molar-refractivity contribution in [2.75, 3.05) is 0 Å². The second-order valence-corrected chi connectivity index (χ2v) is 16.2. The third kappa shape index (κ3) is 3.61. The van der Waals surface area contributed by atoms with Crippen molar-refractivity contribution < 1.29 is 0 Å². The minimum Gasteiger partial charge on any atom is -0.135 e. The zero-order valence-electron chi connectivity index (χ0n) is 28.9. The second kappa shape index (κ2) is 10.1. The molecule has 0 spiro atoms. The molecule has 0 fully saturated rings. The normalized spacial score (nSPS) is 13.7. The maximum absolute atomic E-state index is 2.52. The monoisotopic (exact) mass is 676 g/mol. The van der Waals surface area contributed by atoms with E-state index in [9.17, 15) is 0 Å². The van der Waals surface area contributed by atoms with Gasteiger partial charge in [0.2, 0.25) is 0 Å². The van der Waals surface area contributed by atoms with Crippen LogP contribution in [0.2, 0.25) is 0 Å². The number of fused-ring (bicyclic) bond motifs is 10. The lowest BCUT2D eigenvalue weighted by atomic mass is 9.77. The van der Waals surface area contributed by atoms with Gasteiger partial charge in [0.15, 0.2) is 0 Å². The molecule has 0 saturated heterocycles. The Morgan fingerprint density at radius 1 is 0.365 bits per heavy atom. The van der Waals surface area contributed by atoms with Crippen LogP contribution in [-0.2, 0) is 5.41 Å². The molecule has 0 radical (unpaired) electrons. The lowest BCUT2D eigenvalue weighted by molar-refractivity contribution is 0.662. The lowest BCUT2D eigenvalue weighted by Crippen LogP contribution is -2.16. The first-order chi connectivity index (χ1) is 25.6. The number of hydrogen-bond donors (Lipinski definition) is 0. The van der Waals surface area contributed by atoms with Gasteiger partial charge in [0, 0.05) is 25.6 Å². The lowest BCUT2D eigenvalue weighted by Gasteiger charge is -2.26. The highest BCUT2D eigenvalue weighted by molar-refractivity contribution is 7.26. The minimum absolute atomic E-state index is 0.146. The van der Waals surface area contributed by atoms with Gasteiger partial charge in [-0.2, -0.15) is 0 Å². The van der Waals surface area contributed by atoms with E-state index in [-0.39, 0.29) is 5.41 Å². The van der Waals surface area contributed by atoms with E-state index in [2.05, 4.69) is 172 Å². The molecule has 1 heteroatoms. The van der Waals surface area contributed by atoms with Crippen molar-refractivity contribution in [3.05, 3.63) is 169 Å². The first-order valence-corrected chi connectivity index (χ1v) is 19.1. The zero-order valence-corrected chi connectivity index (χ0v) is 29.7. The summed E-state index contributed by atoms with van der Waals surface area (Å²) in [6, 6.07) is 59.6. The fraction of sp³-hybridized carbons (Fsp3) is 0.0588. The zero-order chi connectivity index (χ0) is 34.3. The topological polar surface area (TPSA) is 0 Å². The molecule has 0 N–H and O–H groups in total. The van der Waals surface area contributed by atoms with E-state index in [0.717, 1.165) is 0 Å². The standard InChI is InChI=1S/C51H32S/c1-51(2)43-17-9-7-15-39(43)49-48-40-16-8-10-18-44(40)52-45(48)28-42(50(49)51)36-24-20-30-21-25-37-35(23-19-29-22-26-38(36)47(30)46(29)37)41-27-31-11-3-4-12-32(31)33-13-5-6-14-34(33)41/h3-28H,1-2H3. The summed E-state index contributed by atoms with van der Waals surface area (Å²) in [7, 11) is 0. The van der Waals surface area contributed by atoms with E-state index in [1.165, 1.54) is 119 Å². The van der Waals surface area contributed by atoms with E-state index in [4.69, 9.17) is 0 Å². The Balaban J connectivity index is 1.19. The van der Waals surface area contributed by atoms with Crippen LogP contribution in [0.15, 0.2) is 158 Å². The molecule has 12 rings (SSSR count). The molecular weight excluding hydrogens is 645 g/mol. The summed E-state index contributed by atoms with van der Waals surface area (Å²) < 4.78 is 2.71. The molecule has 52 heavy (non-hydrogen) atoms. The molecule has 0 atom stereocenters. The SMILES string of the molecule is CC1(C)c2ccccc2-c2c1c(-c1ccc3ccc4c(-c5cc6ccccc6c6ccccc56)ccc5ccc1c3c54)cc1sc3ccccc3c21. The number of rotatable bonds is 2. The average Bonchev–Trinajstić information content (AvgIpc) is 3.68. The summed E-state index contributed by atoms with van der Waals surface area (Å²) in [5.74, 6) is 0. The van der Waals surface area contributed by atoms with E-state index in [1.807, 2.05) is 11.3 Å². The quantitative estimate of drug-likeness (QED) is 0.160. The smallest absolute Gasteiger partial charge is 0.0368 e. The Bertz CT molecular complexity index is 3320.